The van der Waals surface area contributed by atoms with E-state index < -0.39 is 23.9 Å². The first kappa shape index (κ1) is 24.5. The number of benzene rings is 2. The summed E-state index contributed by atoms with van der Waals surface area (Å²) in [5.74, 6) is -3.75. The van der Waals surface area contributed by atoms with Crippen LogP contribution in [0.1, 0.15) is 40.2 Å². The molecule has 190 valence electrons. The number of carbonyl (C=O) groups is 2. The monoisotopic (exact) mass is 511 g/mol. The van der Waals surface area contributed by atoms with Crippen LogP contribution in [0, 0.1) is 5.82 Å². The van der Waals surface area contributed by atoms with Gasteiger partial charge in [0, 0.05) is 29.8 Å². The Morgan fingerprint density at radius 2 is 1.89 bits per heavy atom. The van der Waals surface area contributed by atoms with E-state index in [4.69, 9.17) is 4.74 Å². The van der Waals surface area contributed by atoms with Gasteiger partial charge in [-0.15, -0.1) is 0 Å². The summed E-state index contributed by atoms with van der Waals surface area (Å²) in [6.45, 7) is 0.336. The van der Waals surface area contributed by atoms with Crippen LogP contribution in [0.15, 0.2) is 67.0 Å². The molecule has 1 amide bonds. The molecule has 0 saturated heterocycles. The molecule has 0 spiro atoms. The summed E-state index contributed by atoms with van der Waals surface area (Å²) < 4.78 is 61.4. The van der Waals surface area contributed by atoms with Crippen LogP contribution in [0.5, 0.6) is 0 Å². The second-order valence-electron chi connectivity index (χ2n) is 8.86. The van der Waals surface area contributed by atoms with Gasteiger partial charge in [-0.1, -0.05) is 12.1 Å². The highest BCUT2D eigenvalue weighted by Crippen LogP contribution is 2.42. The standard InChI is InChI=1S/C27H21F4N3O3/c1-37-25(35)22-13-19(17-5-6-17)14-32-24(22)34(26(36)27(29,30)31)21-7-8-23-18(12-21)9-10-33(23)15-16-3-2-4-20(28)11-16/h2-4,7-14,17H,5-6,15H2,1H3. The maximum Gasteiger partial charge on any atom is 0.472 e. The van der Waals surface area contributed by atoms with E-state index >= 15 is 0 Å². The maximum atomic E-state index is 13.7. The van der Waals surface area contributed by atoms with Crippen LogP contribution < -0.4 is 4.90 Å². The molecule has 1 aliphatic rings. The summed E-state index contributed by atoms with van der Waals surface area (Å²) in [7, 11) is 1.11. The first-order valence-corrected chi connectivity index (χ1v) is 11.5. The third kappa shape index (κ3) is 4.91. The summed E-state index contributed by atoms with van der Waals surface area (Å²) in [6, 6.07) is 13.5. The molecule has 37 heavy (non-hydrogen) atoms. The Balaban J connectivity index is 1.59. The van der Waals surface area contributed by atoms with Crippen molar-refractivity contribution in [3.63, 3.8) is 0 Å². The fourth-order valence-corrected chi connectivity index (χ4v) is 4.31. The van der Waals surface area contributed by atoms with Gasteiger partial charge in [0.1, 0.15) is 11.4 Å². The zero-order valence-electron chi connectivity index (χ0n) is 19.6. The smallest absolute Gasteiger partial charge is 0.465 e. The van der Waals surface area contributed by atoms with Crippen molar-refractivity contribution >= 4 is 34.3 Å². The van der Waals surface area contributed by atoms with E-state index in [1.807, 2.05) is 4.57 Å². The molecule has 10 heteroatoms. The minimum absolute atomic E-state index is 0.116. The van der Waals surface area contributed by atoms with Gasteiger partial charge >= 0.3 is 18.1 Å². The molecule has 6 nitrogen and oxygen atoms in total. The average Bonchev–Trinajstić information content (AvgIpc) is 3.65. The van der Waals surface area contributed by atoms with Crippen LogP contribution in [0.2, 0.25) is 0 Å². The zero-order chi connectivity index (χ0) is 26.3. The van der Waals surface area contributed by atoms with Crippen LogP contribution in [-0.2, 0) is 16.1 Å². The van der Waals surface area contributed by atoms with Crippen molar-refractivity contribution in [2.45, 2.75) is 31.5 Å². The molecule has 2 aromatic carbocycles. The Hall–Kier alpha value is -4.21. The van der Waals surface area contributed by atoms with Gasteiger partial charge in [0.15, 0.2) is 5.82 Å². The van der Waals surface area contributed by atoms with Gasteiger partial charge in [0.25, 0.3) is 0 Å². The number of methoxy groups -OCH3 is 1. The zero-order valence-corrected chi connectivity index (χ0v) is 19.6. The van der Waals surface area contributed by atoms with Gasteiger partial charge in [-0.2, -0.15) is 13.2 Å². The van der Waals surface area contributed by atoms with E-state index in [0.29, 0.717) is 33.5 Å². The van der Waals surface area contributed by atoms with Gasteiger partial charge in [-0.05, 0) is 72.4 Å². The molecular formula is C27H21F4N3O3. The number of hydrogen-bond acceptors (Lipinski definition) is 4. The fourth-order valence-electron chi connectivity index (χ4n) is 4.31. The number of amides is 1. The Bertz CT molecular complexity index is 1510. The van der Waals surface area contributed by atoms with Crippen molar-refractivity contribution in [2.24, 2.45) is 0 Å². The Morgan fingerprint density at radius 3 is 2.57 bits per heavy atom. The van der Waals surface area contributed by atoms with E-state index in [2.05, 4.69) is 4.98 Å². The lowest BCUT2D eigenvalue weighted by molar-refractivity contribution is -0.169. The first-order valence-electron chi connectivity index (χ1n) is 11.5. The molecule has 0 unspecified atom stereocenters. The molecule has 0 radical (unpaired) electrons. The normalized spacial score (nSPS) is 13.5. The van der Waals surface area contributed by atoms with Crippen LogP contribution in [0.25, 0.3) is 10.9 Å². The summed E-state index contributed by atoms with van der Waals surface area (Å²) >= 11 is 0. The minimum Gasteiger partial charge on any atom is -0.465 e. The highest BCUT2D eigenvalue weighted by Gasteiger charge is 2.45. The predicted octanol–water partition coefficient (Wildman–Crippen LogP) is 6.11. The van der Waals surface area contributed by atoms with Crippen molar-refractivity contribution in [3.05, 3.63) is 89.5 Å². The molecule has 5 rings (SSSR count). The second-order valence-corrected chi connectivity index (χ2v) is 8.86. The number of rotatable bonds is 6. The number of aromatic nitrogens is 2. The Kier molecular flexibility index (Phi) is 6.18. The van der Waals surface area contributed by atoms with Crippen molar-refractivity contribution in [1.29, 1.82) is 0 Å². The van der Waals surface area contributed by atoms with Crippen LogP contribution in [0.3, 0.4) is 0 Å². The Labute approximate surface area is 209 Å². The number of carbonyl (C=O) groups excluding carboxylic acids is 2. The van der Waals surface area contributed by atoms with Gasteiger partial charge in [-0.25, -0.2) is 14.2 Å². The Morgan fingerprint density at radius 1 is 1.11 bits per heavy atom. The lowest BCUT2D eigenvalue weighted by Gasteiger charge is -2.25. The molecule has 0 aliphatic heterocycles. The quantitative estimate of drug-likeness (QED) is 0.231. The molecule has 0 N–H and O–H groups in total. The summed E-state index contributed by atoms with van der Waals surface area (Å²) in [5.41, 5.74) is 1.73. The average molecular weight is 511 g/mol. The third-order valence-electron chi connectivity index (χ3n) is 6.25. The molecule has 4 aromatic rings. The number of alkyl halides is 3. The van der Waals surface area contributed by atoms with Crippen molar-refractivity contribution < 1.29 is 31.9 Å². The van der Waals surface area contributed by atoms with Crippen molar-refractivity contribution in [3.8, 4) is 0 Å². The number of anilines is 2. The summed E-state index contributed by atoms with van der Waals surface area (Å²) in [6.07, 6.45) is -0.351. The van der Waals surface area contributed by atoms with Gasteiger partial charge in [0.05, 0.1) is 12.8 Å². The molecule has 0 bridgehead atoms. The van der Waals surface area contributed by atoms with E-state index in [0.717, 1.165) is 20.0 Å². The fraction of sp³-hybridized carbons (Fsp3) is 0.222. The van der Waals surface area contributed by atoms with Crippen LogP contribution in [0.4, 0.5) is 29.1 Å². The highest BCUT2D eigenvalue weighted by molar-refractivity contribution is 6.08. The predicted molar refractivity (Wildman–Crippen MR) is 128 cm³/mol. The van der Waals surface area contributed by atoms with Crippen LogP contribution >= 0.6 is 0 Å². The second kappa shape index (κ2) is 9.34. The topological polar surface area (TPSA) is 64.4 Å². The lowest BCUT2D eigenvalue weighted by atomic mass is 10.1. The highest BCUT2D eigenvalue weighted by atomic mass is 19.4. The number of nitrogens with zero attached hydrogens (tertiary/aromatic N) is 3. The number of halogens is 4. The van der Waals surface area contributed by atoms with Crippen molar-refractivity contribution in [2.75, 3.05) is 12.0 Å². The molecule has 1 fully saturated rings. The van der Waals surface area contributed by atoms with Gasteiger partial charge in [0.2, 0.25) is 0 Å². The number of esters is 1. The lowest BCUT2D eigenvalue weighted by Crippen LogP contribution is -2.39. The van der Waals surface area contributed by atoms with E-state index in [1.165, 1.54) is 36.5 Å². The first-order chi connectivity index (χ1) is 17.7. The minimum atomic E-state index is -5.23. The number of pyridine rings is 1. The molecule has 0 atom stereocenters. The maximum absolute atomic E-state index is 13.7. The summed E-state index contributed by atoms with van der Waals surface area (Å²) in [4.78, 5) is 29.7. The molecular weight excluding hydrogens is 490 g/mol. The molecule has 1 aliphatic carbocycles. The summed E-state index contributed by atoms with van der Waals surface area (Å²) in [5, 5.41) is 0.545. The van der Waals surface area contributed by atoms with Gasteiger partial charge in [-0.3, -0.25) is 9.69 Å². The molecule has 2 aromatic heterocycles. The SMILES string of the molecule is COC(=O)c1cc(C2CC2)cnc1N(C(=O)C(F)(F)F)c1ccc2c(ccn2Cc2cccc(F)c2)c1. The van der Waals surface area contributed by atoms with Crippen LogP contribution in [-0.4, -0.2) is 34.7 Å². The van der Waals surface area contributed by atoms with Gasteiger partial charge < -0.3 is 9.30 Å². The number of ether oxygens (including phenoxy) is 1. The number of fused-ring (bicyclic) bond motifs is 1. The van der Waals surface area contributed by atoms with Crippen molar-refractivity contribution in [1.82, 2.24) is 9.55 Å². The van der Waals surface area contributed by atoms with E-state index in [9.17, 15) is 27.2 Å². The van der Waals surface area contributed by atoms with E-state index in [1.54, 1.807) is 30.5 Å². The third-order valence-corrected chi connectivity index (χ3v) is 6.25. The molecule has 2 heterocycles. The van der Waals surface area contributed by atoms with E-state index in [-0.39, 0.29) is 23.0 Å². The largest absolute Gasteiger partial charge is 0.472 e. The molecule has 1 saturated carbocycles. The number of hydrogen-bond donors (Lipinski definition) is 0.